The number of hydrogen-bond donors (Lipinski definition) is 0. The molecule has 0 radical (unpaired) electrons. The first-order valence-corrected chi connectivity index (χ1v) is 5.13. The molecule has 1 unspecified atom stereocenters. The van der Waals surface area contributed by atoms with Gasteiger partial charge in [-0.1, -0.05) is 6.08 Å². The normalized spacial score (nSPS) is 24.6. The Bertz CT molecular complexity index is 297. The van der Waals surface area contributed by atoms with Gasteiger partial charge in [0.25, 0.3) is 0 Å². The monoisotopic (exact) mass is 195 g/mol. The maximum atomic E-state index is 10.7. The third-order valence-electron chi connectivity index (χ3n) is 1.44. The topological polar surface area (TPSA) is 54.5 Å². The van der Waals surface area contributed by atoms with Crippen molar-refractivity contribution in [2.75, 3.05) is 0 Å². The first-order valence-electron chi connectivity index (χ1n) is 2.86. The second-order valence-electron chi connectivity index (χ2n) is 2.14. The number of hydrogen-bond acceptors (Lipinski definition) is 3. The van der Waals surface area contributed by atoms with Gasteiger partial charge in [0.15, 0.2) is 0 Å². The van der Waals surface area contributed by atoms with E-state index in [2.05, 4.69) is 6.58 Å². The molecular weight excluding hydrogens is 190 g/mol. The maximum absolute atomic E-state index is 10.7. The zero-order valence-electron chi connectivity index (χ0n) is 5.53. The molecule has 1 fully saturated rings. The summed E-state index contributed by atoms with van der Waals surface area (Å²) in [5.41, 5.74) is 0. The van der Waals surface area contributed by atoms with Crippen molar-refractivity contribution in [2.24, 2.45) is 0 Å². The van der Waals surface area contributed by atoms with Crippen LogP contribution in [0.2, 0.25) is 0 Å². The van der Waals surface area contributed by atoms with Gasteiger partial charge in [-0.05, 0) is 0 Å². The summed E-state index contributed by atoms with van der Waals surface area (Å²) in [5, 5.41) is 0. The van der Waals surface area contributed by atoms with Crippen LogP contribution < -0.4 is 0 Å². The second kappa shape index (κ2) is 2.49. The lowest BCUT2D eigenvalue weighted by atomic mass is 10.1. The molecule has 1 rings (SSSR count). The van der Waals surface area contributed by atoms with Gasteiger partial charge < -0.3 is 0 Å². The molecule has 1 heterocycles. The number of β-lactam (4-membered cyclic amide) rings is 1. The van der Waals surface area contributed by atoms with Gasteiger partial charge in [0, 0.05) is 10.7 Å². The molecule has 6 heteroatoms. The van der Waals surface area contributed by atoms with Crippen molar-refractivity contribution >= 4 is 25.8 Å². The zero-order valence-corrected chi connectivity index (χ0v) is 7.10. The lowest BCUT2D eigenvalue weighted by Crippen LogP contribution is -2.52. The van der Waals surface area contributed by atoms with Crippen LogP contribution in [-0.4, -0.2) is 24.7 Å². The summed E-state index contributed by atoms with van der Waals surface area (Å²) >= 11 is 0. The maximum Gasteiger partial charge on any atom is 0.324 e. The minimum Gasteiger partial charge on any atom is -0.274 e. The smallest absolute Gasteiger partial charge is 0.274 e. The van der Waals surface area contributed by atoms with E-state index in [4.69, 9.17) is 10.7 Å². The van der Waals surface area contributed by atoms with E-state index in [0.717, 1.165) is 0 Å². The summed E-state index contributed by atoms with van der Waals surface area (Å²) in [4.78, 5) is 10.7. The van der Waals surface area contributed by atoms with Gasteiger partial charge in [0.05, 0.1) is 12.5 Å². The lowest BCUT2D eigenvalue weighted by Gasteiger charge is -2.34. The Balaban J connectivity index is 2.87. The highest BCUT2D eigenvalue weighted by Gasteiger charge is 2.41. The molecule has 1 aliphatic heterocycles. The molecule has 0 N–H and O–H groups in total. The van der Waals surface area contributed by atoms with Crippen molar-refractivity contribution in [1.82, 2.24) is 4.31 Å². The number of carbonyl (C=O) groups excluding carboxylic acids is 1. The lowest BCUT2D eigenvalue weighted by molar-refractivity contribution is -0.135. The van der Waals surface area contributed by atoms with Crippen molar-refractivity contribution in [1.29, 1.82) is 0 Å². The second-order valence-corrected chi connectivity index (χ2v) is 4.53. The van der Waals surface area contributed by atoms with Crippen LogP contribution in [-0.2, 0) is 14.0 Å². The Morgan fingerprint density at radius 2 is 2.27 bits per heavy atom. The molecule has 0 aliphatic carbocycles. The highest BCUT2D eigenvalue weighted by molar-refractivity contribution is 8.12. The van der Waals surface area contributed by atoms with Crippen LogP contribution in [0.1, 0.15) is 6.42 Å². The Kier molecular flexibility index (Phi) is 1.94. The summed E-state index contributed by atoms with van der Waals surface area (Å²) in [7, 11) is 1.04. The van der Waals surface area contributed by atoms with Crippen LogP contribution in [0, 0.1) is 0 Å². The predicted molar refractivity (Wildman–Crippen MR) is 40.2 cm³/mol. The van der Waals surface area contributed by atoms with Crippen LogP contribution in [0.15, 0.2) is 12.7 Å². The molecular formula is C5H6ClNO3S. The quantitative estimate of drug-likeness (QED) is 0.361. The molecule has 11 heavy (non-hydrogen) atoms. The minimum absolute atomic E-state index is 0.176. The van der Waals surface area contributed by atoms with Gasteiger partial charge in [-0.15, -0.1) is 6.58 Å². The number of nitrogens with zero attached hydrogens (tertiary/aromatic N) is 1. The molecule has 4 nitrogen and oxygen atoms in total. The Morgan fingerprint density at radius 3 is 2.45 bits per heavy atom. The molecule has 0 saturated carbocycles. The number of halogens is 1. The molecule has 1 saturated heterocycles. The van der Waals surface area contributed by atoms with Crippen LogP contribution in [0.5, 0.6) is 0 Å². The van der Waals surface area contributed by atoms with Gasteiger partial charge in [0.2, 0.25) is 5.91 Å². The highest BCUT2D eigenvalue weighted by Crippen LogP contribution is 2.25. The summed E-state index contributed by atoms with van der Waals surface area (Å²) in [5.74, 6) is -0.482. The van der Waals surface area contributed by atoms with E-state index < -0.39 is 21.2 Å². The van der Waals surface area contributed by atoms with Crippen molar-refractivity contribution in [2.45, 2.75) is 12.5 Å². The predicted octanol–water partition coefficient (Wildman–Crippen LogP) is 0.257. The van der Waals surface area contributed by atoms with Gasteiger partial charge in [-0.2, -0.15) is 8.42 Å². The third-order valence-corrected chi connectivity index (χ3v) is 2.83. The standard InChI is InChI=1S/C5H6ClNO3S/c1-2-4-3-5(8)7(4)11(6,9)10/h2,4H,1,3H2. The molecule has 1 amide bonds. The van der Waals surface area contributed by atoms with Gasteiger partial charge in [0.1, 0.15) is 0 Å². The number of rotatable bonds is 2. The van der Waals surface area contributed by atoms with Crippen LogP contribution in [0.3, 0.4) is 0 Å². The molecule has 0 bridgehead atoms. The highest BCUT2D eigenvalue weighted by atomic mass is 35.7. The fourth-order valence-corrected chi connectivity index (χ4v) is 2.23. The molecule has 1 aliphatic rings. The summed E-state index contributed by atoms with van der Waals surface area (Å²) < 4.78 is 21.8. The Labute approximate surface area is 69.0 Å². The van der Waals surface area contributed by atoms with Gasteiger partial charge >= 0.3 is 9.24 Å². The zero-order chi connectivity index (χ0) is 8.65. The average molecular weight is 196 g/mol. The van der Waals surface area contributed by atoms with Crippen molar-refractivity contribution < 1.29 is 13.2 Å². The van der Waals surface area contributed by atoms with E-state index in [1.807, 2.05) is 0 Å². The number of carbonyl (C=O) groups is 1. The fourth-order valence-electron chi connectivity index (χ4n) is 0.887. The average Bonchev–Trinajstić information content (AvgIpc) is 1.77. The van der Waals surface area contributed by atoms with E-state index in [0.29, 0.717) is 4.31 Å². The van der Waals surface area contributed by atoms with E-state index >= 15 is 0 Å². The molecule has 0 aromatic heterocycles. The van der Waals surface area contributed by atoms with Crippen molar-refractivity contribution in [3.63, 3.8) is 0 Å². The van der Waals surface area contributed by atoms with Crippen LogP contribution in [0.4, 0.5) is 0 Å². The minimum atomic E-state index is -3.89. The van der Waals surface area contributed by atoms with Crippen molar-refractivity contribution in [3.05, 3.63) is 12.7 Å². The summed E-state index contributed by atoms with van der Waals surface area (Å²) in [6.45, 7) is 3.36. The first-order chi connectivity index (χ1) is 4.96. The molecule has 1 atom stereocenters. The fraction of sp³-hybridized carbons (Fsp3) is 0.400. The van der Waals surface area contributed by atoms with E-state index in [9.17, 15) is 13.2 Å². The Hall–Kier alpha value is -0.550. The van der Waals surface area contributed by atoms with Gasteiger partial charge in [-0.3, -0.25) is 4.79 Å². The number of amides is 1. The summed E-state index contributed by atoms with van der Waals surface area (Å²) in [6.07, 6.45) is 1.55. The SMILES string of the molecule is C=CC1CC(=O)N1S(=O)(=O)Cl. The van der Waals surface area contributed by atoms with Crippen molar-refractivity contribution in [3.8, 4) is 0 Å². The summed E-state index contributed by atoms with van der Waals surface area (Å²) in [6, 6.07) is -0.454. The van der Waals surface area contributed by atoms with E-state index in [1.165, 1.54) is 6.08 Å². The van der Waals surface area contributed by atoms with Gasteiger partial charge in [-0.25, -0.2) is 4.31 Å². The first kappa shape index (κ1) is 8.55. The Morgan fingerprint density at radius 1 is 1.73 bits per heavy atom. The van der Waals surface area contributed by atoms with Crippen LogP contribution in [0.25, 0.3) is 0 Å². The van der Waals surface area contributed by atoms with E-state index in [-0.39, 0.29) is 6.42 Å². The molecule has 62 valence electrons. The van der Waals surface area contributed by atoms with Crippen LogP contribution >= 0.6 is 10.7 Å². The largest absolute Gasteiger partial charge is 0.324 e. The molecule has 0 aromatic carbocycles. The molecule has 0 spiro atoms. The van der Waals surface area contributed by atoms with E-state index in [1.54, 1.807) is 0 Å². The third kappa shape index (κ3) is 1.39. The molecule has 0 aromatic rings.